The minimum absolute atomic E-state index is 0.0232. The first-order chi connectivity index (χ1) is 17.3. The summed E-state index contributed by atoms with van der Waals surface area (Å²) < 4.78 is 13.4. The van der Waals surface area contributed by atoms with E-state index in [1.807, 2.05) is 6.92 Å². The molecule has 4 aliphatic heterocycles. The highest BCUT2D eigenvalue weighted by atomic mass is 16.6. The van der Waals surface area contributed by atoms with Gasteiger partial charge >= 0.3 is 5.97 Å². The predicted molar refractivity (Wildman–Crippen MR) is 134 cm³/mol. The van der Waals surface area contributed by atoms with E-state index in [0.717, 1.165) is 44.2 Å². The smallest absolute Gasteiger partial charge is 0.308 e. The number of fused-ring (bicyclic) bond motifs is 5. The number of esters is 1. The highest BCUT2D eigenvalue weighted by molar-refractivity contribution is 6.00. The van der Waals surface area contributed by atoms with Gasteiger partial charge in [0.2, 0.25) is 0 Å². The minimum Gasteiger partial charge on any atom is -0.443 e. The number of hydrogen-bond acceptors (Lipinski definition) is 7. The van der Waals surface area contributed by atoms with Crippen molar-refractivity contribution < 1.29 is 29.0 Å². The Kier molecular flexibility index (Phi) is 4.72. The third kappa shape index (κ3) is 2.63. The van der Waals surface area contributed by atoms with Crippen molar-refractivity contribution in [3.63, 3.8) is 0 Å². The fraction of sp³-hybridized carbons (Fsp3) is 0.833. The molecule has 7 rings (SSSR count). The molecule has 1 N–H and O–H groups in total. The molecule has 0 amide bonds. The zero-order valence-corrected chi connectivity index (χ0v) is 22.8. The average molecular weight is 512 g/mol. The largest absolute Gasteiger partial charge is 0.443 e. The van der Waals surface area contributed by atoms with Gasteiger partial charge in [-0.3, -0.25) is 14.4 Å². The van der Waals surface area contributed by atoms with Gasteiger partial charge in [0.05, 0.1) is 25.0 Å². The van der Waals surface area contributed by atoms with Crippen LogP contribution in [0.4, 0.5) is 0 Å². The van der Waals surface area contributed by atoms with Gasteiger partial charge in [0.1, 0.15) is 11.5 Å². The van der Waals surface area contributed by atoms with Crippen molar-refractivity contribution in [3.8, 4) is 0 Å². The number of aliphatic hydroxyl groups excluding tert-OH is 1. The lowest BCUT2D eigenvalue weighted by Crippen LogP contribution is -2.83. The molecular formula is C30H41NO6. The number of Topliss-reactive ketones (excluding diaryl/α,β-unsaturated/α-hetero) is 1. The van der Waals surface area contributed by atoms with E-state index >= 15 is 0 Å². The normalized spacial score (nSPS) is 56.5. The van der Waals surface area contributed by atoms with Crippen LogP contribution in [0.5, 0.6) is 0 Å². The van der Waals surface area contributed by atoms with Crippen molar-refractivity contribution in [1.29, 1.82) is 0 Å². The zero-order valence-electron chi connectivity index (χ0n) is 22.8. The van der Waals surface area contributed by atoms with Crippen LogP contribution in [0, 0.1) is 45.8 Å². The summed E-state index contributed by atoms with van der Waals surface area (Å²) in [5, 5.41) is 10.5. The second kappa shape index (κ2) is 7.14. The Morgan fingerprint density at radius 2 is 1.92 bits per heavy atom. The van der Waals surface area contributed by atoms with Gasteiger partial charge in [0.25, 0.3) is 0 Å². The maximum Gasteiger partial charge on any atom is 0.308 e. The summed E-state index contributed by atoms with van der Waals surface area (Å²) in [5.41, 5.74) is -1.92. The Balaban J connectivity index is 1.46. The topological polar surface area (TPSA) is 93.1 Å². The quantitative estimate of drug-likeness (QED) is 0.538. The van der Waals surface area contributed by atoms with Gasteiger partial charge in [0, 0.05) is 30.2 Å². The van der Waals surface area contributed by atoms with E-state index < -0.39 is 45.4 Å². The van der Waals surface area contributed by atoms with Crippen LogP contribution in [-0.4, -0.2) is 58.2 Å². The average Bonchev–Trinajstić information content (AvgIpc) is 3.07. The lowest BCUT2D eigenvalue weighted by atomic mass is 9.33. The molecule has 0 aromatic heterocycles. The maximum absolute atomic E-state index is 14.4. The van der Waals surface area contributed by atoms with Gasteiger partial charge in [-0.25, -0.2) is 4.90 Å². The van der Waals surface area contributed by atoms with Crippen molar-refractivity contribution in [2.45, 2.75) is 97.1 Å². The number of allylic oxidation sites excluding steroid dienone is 2. The Hall–Kier alpha value is -1.57. The molecule has 4 saturated heterocycles. The second-order valence-electron chi connectivity index (χ2n) is 14.6. The SMILES string of the molecule is CC1=CC(=O)[C@@H]2[C@@H](C1)[C@]1(C)C[C@@]34OC(=O)C[C@@](C)([C@H]1C(=O)[C@@H]2CO)[C@]3(C)CC[C@]12C[C@@H](C)C[C@H](CN14)O2. The summed E-state index contributed by atoms with van der Waals surface area (Å²) in [6.07, 6.45) is 6.88. The summed E-state index contributed by atoms with van der Waals surface area (Å²) in [5.74, 6) is -1.48. The standard InChI is InChI=1S/C30H41NO6/c1-16-9-20-23(21(33)10-16)19(14-32)24(35)25-26(20,3)15-30-28(5,27(25,4)12-22(34)37-30)6-7-29-11-17(2)8-18(36-29)13-31(29)30/h10,17-20,23,25,32H,6-9,11-15H2,1-5H3/t17-,18+,19+,20+,23-,25-,26-,27-,28-,29-,30+/m0/s1. The number of piperidine rings is 1. The molecule has 3 aliphatic carbocycles. The molecule has 0 aromatic carbocycles. The molecule has 11 atom stereocenters. The lowest BCUT2D eigenvalue weighted by molar-refractivity contribution is -0.380. The van der Waals surface area contributed by atoms with Crippen LogP contribution in [0.2, 0.25) is 0 Å². The van der Waals surface area contributed by atoms with Crippen LogP contribution in [0.25, 0.3) is 0 Å². The molecule has 0 radical (unpaired) electrons. The van der Waals surface area contributed by atoms with E-state index in [2.05, 4.69) is 32.6 Å². The molecule has 37 heavy (non-hydrogen) atoms. The van der Waals surface area contributed by atoms with Crippen LogP contribution in [0.1, 0.15) is 79.6 Å². The summed E-state index contributed by atoms with van der Waals surface area (Å²) in [7, 11) is 0. The van der Waals surface area contributed by atoms with Crippen molar-refractivity contribution in [2.75, 3.05) is 13.2 Å². The van der Waals surface area contributed by atoms with Crippen molar-refractivity contribution >= 4 is 17.5 Å². The Labute approximate surface area is 219 Å². The Bertz CT molecular complexity index is 1150. The van der Waals surface area contributed by atoms with Crippen LogP contribution in [0.3, 0.4) is 0 Å². The predicted octanol–water partition coefficient (Wildman–Crippen LogP) is 3.63. The molecule has 7 aliphatic rings. The number of carbonyl (C=O) groups excluding carboxylic acids is 3. The van der Waals surface area contributed by atoms with Gasteiger partial charge in [-0.15, -0.1) is 0 Å². The molecule has 2 saturated carbocycles. The first-order valence-corrected chi connectivity index (χ1v) is 14.4. The number of rotatable bonds is 1. The third-order valence-corrected chi connectivity index (χ3v) is 12.7. The van der Waals surface area contributed by atoms with Crippen molar-refractivity contribution in [3.05, 3.63) is 11.6 Å². The van der Waals surface area contributed by atoms with E-state index in [1.54, 1.807) is 6.08 Å². The van der Waals surface area contributed by atoms with Gasteiger partial charge < -0.3 is 14.6 Å². The minimum atomic E-state index is -0.881. The molecule has 7 heteroatoms. The molecule has 0 unspecified atom stereocenters. The highest BCUT2D eigenvalue weighted by Gasteiger charge is 2.83. The van der Waals surface area contributed by atoms with E-state index in [1.165, 1.54) is 0 Å². The Morgan fingerprint density at radius 1 is 1.16 bits per heavy atom. The van der Waals surface area contributed by atoms with Gasteiger partial charge in [0.15, 0.2) is 11.5 Å². The number of aliphatic hydroxyl groups is 1. The third-order valence-electron chi connectivity index (χ3n) is 12.7. The number of carbonyl (C=O) groups is 3. The monoisotopic (exact) mass is 511 g/mol. The molecule has 0 aromatic rings. The second-order valence-corrected chi connectivity index (χ2v) is 14.6. The fourth-order valence-corrected chi connectivity index (χ4v) is 11.3. The van der Waals surface area contributed by atoms with E-state index in [4.69, 9.17) is 9.47 Å². The van der Waals surface area contributed by atoms with E-state index in [-0.39, 0.29) is 42.6 Å². The molecule has 4 bridgehead atoms. The summed E-state index contributed by atoms with van der Waals surface area (Å²) in [6.45, 7) is 11.3. The summed E-state index contributed by atoms with van der Waals surface area (Å²) in [4.78, 5) is 43.8. The van der Waals surface area contributed by atoms with Gasteiger partial charge in [-0.05, 0) is 67.8 Å². The fourth-order valence-electron chi connectivity index (χ4n) is 11.3. The van der Waals surface area contributed by atoms with Crippen LogP contribution in [-0.2, 0) is 23.9 Å². The first-order valence-electron chi connectivity index (χ1n) is 14.4. The van der Waals surface area contributed by atoms with Crippen LogP contribution >= 0.6 is 0 Å². The highest BCUT2D eigenvalue weighted by Crippen LogP contribution is 2.78. The molecule has 1 spiro atoms. The first kappa shape index (κ1) is 24.5. The summed E-state index contributed by atoms with van der Waals surface area (Å²) >= 11 is 0. The molecule has 7 nitrogen and oxygen atoms in total. The van der Waals surface area contributed by atoms with Crippen molar-refractivity contribution in [1.82, 2.24) is 4.90 Å². The molecular weight excluding hydrogens is 470 g/mol. The number of ketones is 2. The number of ether oxygens (including phenoxy) is 2. The summed E-state index contributed by atoms with van der Waals surface area (Å²) in [6, 6.07) is 0. The van der Waals surface area contributed by atoms with Crippen LogP contribution in [0.15, 0.2) is 11.6 Å². The van der Waals surface area contributed by atoms with E-state index in [0.29, 0.717) is 12.3 Å². The number of hydrogen-bond donors (Lipinski definition) is 1. The lowest BCUT2D eigenvalue weighted by Gasteiger charge is -2.76. The van der Waals surface area contributed by atoms with Crippen LogP contribution < -0.4 is 0 Å². The maximum atomic E-state index is 14.4. The molecule has 202 valence electrons. The molecule has 6 fully saturated rings. The zero-order chi connectivity index (χ0) is 26.3. The number of nitrogens with zero attached hydrogens (tertiary/aromatic N) is 1. The van der Waals surface area contributed by atoms with Gasteiger partial charge in [-0.2, -0.15) is 0 Å². The van der Waals surface area contributed by atoms with E-state index in [9.17, 15) is 19.5 Å². The van der Waals surface area contributed by atoms with Gasteiger partial charge in [-0.1, -0.05) is 33.3 Å². The van der Waals surface area contributed by atoms with Crippen molar-refractivity contribution in [2.24, 2.45) is 45.8 Å². The Morgan fingerprint density at radius 3 is 2.65 bits per heavy atom. The molecule has 4 heterocycles.